The van der Waals surface area contributed by atoms with Crippen LogP contribution in [0, 0.1) is 0 Å². The van der Waals surface area contributed by atoms with E-state index in [1.165, 1.54) is 0 Å². The lowest BCUT2D eigenvalue weighted by Crippen LogP contribution is -2.60. The van der Waals surface area contributed by atoms with Crippen molar-refractivity contribution in [3.63, 3.8) is 0 Å². The van der Waals surface area contributed by atoms with Gasteiger partial charge in [0.25, 0.3) is 0 Å². The lowest BCUT2D eigenvalue weighted by Gasteiger charge is -2.34. The van der Waals surface area contributed by atoms with Gasteiger partial charge in [-0.05, 0) is 0 Å². The van der Waals surface area contributed by atoms with Gasteiger partial charge >= 0.3 is 16.4 Å². The molecule has 0 aliphatic rings. The predicted octanol–water partition coefficient (Wildman–Crippen LogP) is -0.102. The molecule has 0 heterocycles. The minimum absolute atomic E-state index is 6.97. The van der Waals surface area contributed by atoms with Crippen molar-refractivity contribution >= 4 is 20.2 Å². The molecule has 0 aliphatic heterocycles. The zero-order valence-corrected chi connectivity index (χ0v) is 8.67. The Bertz CT molecular complexity index is 458. The van der Waals surface area contributed by atoms with Crippen LogP contribution in [0.4, 0.5) is 26.3 Å². The molecular formula is C3F6O6S2-2. The molecule has 0 atom stereocenters. The Morgan fingerprint density at radius 1 is 0.647 bits per heavy atom. The molecule has 104 valence electrons. The fourth-order valence-corrected chi connectivity index (χ4v) is 1.43. The molecule has 0 saturated heterocycles. The van der Waals surface area contributed by atoms with Crippen LogP contribution in [0.15, 0.2) is 0 Å². The van der Waals surface area contributed by atoms with E-state index >= 15 is 0 Å². The van der Waals surface area contributed by atoms with E-state index in [0.717, 1.165) is 0 Å². The van der Waals surface area contributed by atoms with Crippen molar-refractivity contribution in [1.29, 1.82) is 0 Å². The smallest absolute Gasteiger partial charge is 0.403 e. The van der Waals surface area contributed by atoms with Crippen molar-refractivity contribution in [1.82, 2.24) is 0 Å². The SMILES string of the molecule is O=S(=O)([O-])C(F)(F)C(F)(F)C(F)(F)S(=O)(=O)[O-]. The molecule has 14 heteroatoms. The fourth-order valence-electron chi connectivity index (χ4n) is 0.483. The highest BCUT2D eigenvalue weighted by Crippen LogP contribution is 2.49. The maximum Gasteiger partial charge on any atom is 0.403 e. The van der Waals surface area contributed by atoms with Crippen molar-refractivity contribution in [2.45, 2.75) is 16.4 Å². The van der Waals surface area contributed by atoms with E-state index in [-0.39, 0.29) is 0 Å². The largest absolute Gasteiger partial charge is 0.743 e. The van der Waals surface area contributed by atoms with Crippen LogP contribution >= 0.6 is 0 Å². The molecule has 0 fully saturated rings. The summed E-state index contributed by atoms with van der Waals surface area (Å²) >= 11 is 0. The van der Waals surface area contributed by atoms with Crippen LogP contribution in [0.3, 0.4) is 0 Å². The summed E-state index contributed by atoms with van der Waals surface area (Å²) in [7, 11) is -14.6. The van der Waals surface area contributed by atoms with Gasteiger partial charge in [0.05, 0.1) is 0 Å². The number of halogens is 6. The van der Waals surface area contributed by atoms with Crippen molar-refractivity contribution < 1.29 is 52.3 Å². The summed E-state index contributed by atoms with van der Waals surface area (Å²) in [4.78, 5) is 0. The Hall–Kier alpha value is -0.600. The first kappa shape index (κ1) is 16.4. The van der Waals surface area contributed by atoms with E-state index in [1.54, 1.807) is 0 Å². The Morgan fingerprint density at radius 2 is 0.824 bits per heavy atom. The fraction of sp³-hybridized carbons (Fsp3) is 1.00. The number of rotatable bonds is 4. The second-order valence-electron chi connectivity index (χ2n) is 2.52. The van der Waals surface area contributed by atoms with Gasteiger partial charge in [0, 0.05) is 0 Å². The zero-order chi connectivity index (χ0) is 14.5. The second-order valence-corrected chi connectivity index (χ2v) is 5.36. The van der Waals surface area contributed by atoms with Crippen molar-refractivity contribution in [3.05, 3.63) is 0 Å². The highest BCUT2D eigenvalue weighted by Gasteiger charge is 2.77. The van der Waals surface area contributed by atoms with E-state index in [2.05, 4.69) is 0 Å². The van der Waals surface area contributed by atoms with Crippen LogP contribution in [-0.2, 0) is 20.2 Å². The molecule has 0 aromatic heterocycles. The molecule has 0 amide bonds. The Balaban J connectivity index is 6.10. The van der Waals surface area contributed by atoms with Gasteiger partial charge in [0.2, 0.25) is 0 Å². The molecule has 0 aromatic carbocycles. The van der Waals surface area contributed by atoms with Gasteiger partial charge in [-0.15, -0.1) is 0 Å². The van der Waals surface area contributed by atoms with Crippen LogP contribution in [0.2, 0.25) is 0 Å². The third-order valence-corrected chi connectivity index (χ3v) is 3.13. The third kappa shape index (κ3) is 2.21. The summed E-state index contributed by atoms with van der Waals surface area (Å²) in [5.41, 5.74) is 0. The van der Waals surface area contributed by atoms with E-state index in [0.29, 0.717) is 0 Å². The lowest BCUT2D eigenvalue weighted by atomic mass is 10.3. The summed E-state index contributed by atoms with van der Waals surface area (Å²) in [6, 6.07) is 0. The third-order valence-electron chi connectivity index (χ3n) is 1.36. The number of alkyl halides is 6. The van der Waals surface area contributed by atoms with E-state index in [4.69, 9.17) is 0 Å². The van der Waals surface area contributed by atoms with E-state index in [9.17, 15) is 52.3 Å². The lowest BCUT2D eigenvalue weighted by molar-refractivity contribution is -0.247. The van der Waals surface area contributed by atoms with Gasteiger partial charge in [-0.25, -0.2) is 16.8 Å². The quantitative estimate of drug-likeness (QED) is 0.529. The first-order valence-corrected chi connectivity index (χ1v) is 5.86. The van der Waals surface area contributed by atoms with E-state index < -0.39 is 36.7 Å². The van der Waals surface area contributed by atoms with Gasteiger partial charge in [-0.1, -0.05) is 0 Å². The minimum atomic E-state index is -7.32. The Kier molecular flexibility index (Phi) is 3.56. The first-order chi connectivity index (χ1) is 7.00. The first-order valence-electron chi connectivity index (χ1n) is 3.04. The topological polar surface area (TPSA) is 114 Å². The van der Waals surface area contributed by atoms with Gasteiger partial charge < -0.3 is 9.11 Å². The van der Waals surface area contributed by atoms with Crippen molar-refractivity contribution in [2.24, 2.45) is 0 Å². The van der Waals surface area contributed by atoms with Gasteiger partial charge in [-0.3, -0.25) is 0 Å². The molecule has 0 unspecified atom stereocenters. The molecular weight excluding hydrogens is 310 g/mol. The molecule has 0 rings (SSSR count). The molecule has 0 bridgehead atoms. The average Bonchev–Trinajstić information content (AvgIpc) is 1.98. The summed E-state index contributed by atoms with van der Waals surface area (Å²) in [5, 5.41) is -13.9. The number of hydrogen-bond acceptors (Lipinski definition) is 6. The zero-order valence-electron chi connectivity index (χ0n) is 7.03. The van der Waals surface area contributed by atoms with E-state index in [1.807, 2.05) is 0 Å². The molecule has 0 spiro atoms. The minimum Gasteiger partial charge on any atom is -0.743 e. The maximum absolute atomic E-state index is 12.3. The standard InChI is InChI=1S/C3H2F6O6S2/c4-1(5,2(6,7)16(10,11)12)3(8,9)17(13,14)15/h(H,10,11,12)(H,13,14,15)/p-2. The van der Waals surface area contributed by atoms with Crippen LogP contribution < -0.4 is 0 Å². The molecule has 0 aliphatic carbocycles. The summed E-state index contributed by atoms with van der Waals surface area (Å²) < 4.78 is 131. The maximum atomic E-state index is 12.3. The van der Waals surface area contributed by atoms with Crippen molar-refractivity contribution in [2.75, 3.05) is 0 Å². The number of hydrogen-bond donors (Lipinski definition) is 0. The van der Waals surface area contributed by atoms with Crippen molar-refractivity contribution in [3.8, 4) is 0 Å². The molecule has 6 nitrogen and oxygen atoms in total. The van der Waals surface area contributed by atoms with Crippen LogP contribution in [0.25, 0.3) is 0 Å². The van der Waals surface area contributed by atoms with Gasteiger partial charge in [0.15, 0.2) is 20.2 Å². The van der Waals surface area contributed by atoms with Crippen LogP contribution in [0.5, 0.6) is 0 Å². The van der Waals surface area contributed by atoms with Crippen LogP contribution in [0.1, 0.15) is 0 Å². The normalized spacial score (nSPS) is 16.0. The summed E-state index contributed by atoms with van der Waals surface area (Å²) in [5.74, 6) is -7.21. The highest BCUT2D eigenvalue weighted by molar-refractivity contribution is 7.88. The molecule has 0 aromatic rings. The monoisotopic (exact) mass is 310 g/mol. The second kappa shape index (κ2) is 3.69. The summed E-state index contributed by atoms with van der Waals surface area (Å²) in [6.07, 6.45) is 0. The highest BCUT2D eigenvalue weighted by atomic mass is 32.2. The Labute approximate surface area is 89.7 Å². The average molecular weight is 310 g/mol. The van der Waals surface area contributed by atoms with Crippen LogP contribution in [-0.4, -0.2) is 42.4 Å². The van der Waals surface area contributed by atoms with Gasteiger partial charge in [0.1, 0.15) is 0 Å². The molecule has 0 N–H and O–H groups in total. The molecule has 0 radical (unpaired) electrons. The molecule has 0 saturated carbocycles. The molecule has 17 heavy (non-hydrogen) atoms. The predicted molar refractivity (Wildman–Crippen MR) is 34.2 cm³/mol. The summed E-state index contributed by atoms with van der Waals surface area (Å²) in [6.45, 7) is 0. The Morgan fingerprint density at radius 3 is 0.941 bits per heavy atom. The van der Waals surface area contributed by atoms with Gasteiger partial charge in [-0.2, -0.15) is 26.3 Å².